The van der Waals surface area contributed by atoms with Gasteiger partial charge in [-0.3, -0.25) is 4.79 Å². The predicted molar refractivity (Wildman–Crippen MR) is 65.0 cm³/mol. The van der Waals surface area contributed by atoms with Crippen molar-refractivity contribution >= 4 is 28.5 Å². The molecule has 0 bridgehead atoms. The maximum atomic E-state index is 11.5. The predicted octanol–water partition coefficient (Wildman–Crippen LogP) is 1.37. The Hall–Kier alpha value is -0.820. The molecule has 0 saturated carbocycles. The Bertz CT molecular complexity index is 355. The van der Waals surface area contributed by atoms with Gasteiger partial charge in [0.05, 0.1) is 10.2 Å². The molecule has 4 nitrogen and oxygen atoms in total. The summed E-state index contributed by atoms with van der Waals surface area (Å²) in [7, 11) is 1.57. The maximum absolute atomic E-state index is 11.5. The van der Waals surface area contributed by atoms with E-state index >= 15 is 0 Å². The summed E-state index contributed by atoms with van der Waals surface area (Å²) in [6.45, 7) is 0.935. The molecule has 0 spiro atoms. The second-order valence-electron chi connectivity index (χ2n) is 2.91. The van der Waals surface area contributed by atoms with Crippen LogP contribution in [0, 0.1) is 3.57 Å². The van der Waals surface area contributed by atoms with Crippen LogP contribution in [-0.4, -0.2) is 31.3 Å². The molecule has 0 heterocycles. The number of hydrogen-bond acceptors (Lipinski definition) is 3. The zero-order valence-corrected chi connectivity index (χ0v) is 10.4. The molecule has 0 saturated heterocycles. The first kappa shape index (κ1) is 12.3. The summed E-state index contributed by atoms with van der Waals surface area (Å²) in [5, 5.41) is 12.1. The summed E-state index contributed by atoms with van der Waals surface area (Å²) in [4.78, 5) is 11.5. The van der Waals surface area contributed by atoms with Crippen LogP contribution in [0.5, 0.6) is 5.75 Å². The Morgan fingerprint density at radius 2 is 2.33 bits per heavy atom. The van der Waals surface area contributed by atoms with Crippen LogP contribution in [-0.2, 0) is 4.74 Å². The van der Waals surface area contributed by atoms with Crippen molar-refractivity contribution < 1.29 is 14.6 Å². The molecular weight excluding hydrogens is 309 g/mol. The Labute approximate surface area is 102 Å². The average molecular weight is 321 g/mol. The summed E-state index contributed by atoms with van der Waals surface area (Å²) in [5.74, 6) is -0.0891. The van der Waals surface area contributed by atoms with E-state index in [0.29, 0.717) is 18.7 Å². The number of amides is 1. The highest BCUT2D eigenvalue weighted by molar-refractivity contribution is 14.1. The molecule has 15 heavy (non-hydrogen) atoms. The van der Waals surface area contributed by atoms with Gasteiger partial charge in [-0.2, -0.15) is 0 Å². The number of phenols is 1. The Balaban J connectivity index is 2.62. The average Bonchev–Trinajstić information content (AvgIpc) is 2.22. The number of benzene rings is 1. The molecular formula is C10H12INO3. The van der Waals surface area contributed by atoms with E-state index in [9.17, 15) is 9.90 Å². The Morgan fingerprint density at radius 3 is 2.93 bits per heavy atom. The molecule has 1 amide bonds. The number of halogens is 1. The van der Waals surface area contributed by atoms with Gasteiger partial charge in [0.2, 0.25) is 0 Å². The molecule has 0 aliphatic heterocycles. The van der Waals surface area contributed by atoms with E-state index in [2.05, 4.69) is 5.32 Å². The Kier molecular flexibility index (Phi) is 4.83. The second-order valence-corrected chi connectivity index (χ2v) is 4.08. The second kappa shape index (κ2) is 5.92. The fraction of sp³-hybridized carbons (Fsp3) is 0.300. The van der Waals surface area contributed by atoms with E-state index in [1.807, 2.05) is 22.6 Å². The van der Waals surface area contributed by atoms with Crippen molar-refractivity contribution in [1.29, 1.82) is 0 Å². The lowest BCUT2D eigenvalue weighted by Gasteiger charge is -2.05. The minimum absolute atomic E-state index is 0.120. The first-order chi connectivity index (χ1) is 7.15. The van der Waals surface area contributed by atoms with Crippen LogP contribution in [0.2, 0.25) is 0 Å². The largest absolute Gasteiger partial charge is 0.507 e. The number of rotatable bonds is 4. The van der Waals surface area contributed by atoms with Crippen molar-refractivity contribution in [3.63, 3.8) is 0 Å². The lowest BCUT2D eigenvalue weighted by atomic mass is 10.2. The third-order valence-electron chi connectivity index (χ3n) is 1.80. The zero-order valence-electron chi connectivity index (χ0n) is 8.29. The van der Waals surface area contributed by atoms with E-state index in [0.717, 1.165) is 3.57 Å². The number of carbonyl (C=O) groups excluding carboxylic acids is 1. The van der Waals surface area contributed by atoms with Crippen LogP contribution in [0.15, 0.2) is 18.2 Å². The highest BCUT2D eigenvalue weighted by Crippen LogP contribution is 2.20. The van der Waals surface area contributed by atoms with E-state index in [1.54, 1.807) is 19.2 Å². The van der Waals surface area contributed by atoms with Crippen molar-refractivity contribution in [2.24, 2.45) is 0 Å². The number of methoxy groups -OCH3 is 1. The standard InChI is InChI=1S/C10H12INO3/c1-15-5-4-12-10(14)7-2-3-8(11)9(13)6-7/h2-3,6,13H,4-5H2,1H3,(H,12,14). The van der Waals surface area contributed by atoms with Gasteiger partial charge in [0, 0.05) is 19.2 Å². The number of ether oxygens (including phenoxy) is 1. The van der Waals surface area contributed by atoms with E-state index in [-0.39, 0.29) is 11.7 Å². The molecule has 5 heteroatoms. The fourth-order valence-corrected chi connectivity index (χ4v) is 1.36. The van der Waals surface area contributed by atoms with Gasteiger partial charge >= 0.3 is 0 Å². The van der Waals surface area contributed by atoms with E-state index < -0.39 is 0 Å². The van der Waals surface area contributed by atoms with Crippen LogP contribution in [0.4, 0.5) is 0 Å². The summed E-state index contributed by atoms with van der Waals surface area (Å²) in [6, 6.07) is 4.81. The summed E-state index contributed by atoms with van der Waals surface area (Å²) in [5.41, 5.74) is 0.448. The summed E-state index contributed by atoms with van der Waals surface area (Å²) in [6.07, 6.45) is 0. The normalized spacial score (nSPS) is 10.0. The molecule has 1 aromatic rings. The lowest BCUT2D eigenvalue weighted by molar-refractivity contribution is 0.0936. The molecule has 2 N–H and O–H groups in total. The molecule has 0 aromatic heterocycles. The number of nitrogens with one attached hydrogen (secondary N) is 1. The van der Waals surface area contributed by atoms with Crippen molar-refractivity contribution in [3.8, 4) is 5.75 Å². The highest BCUT2D eigenvalue weighted by atomic mass is 127. The maximum Gasteiger partial charge on any atom is 0.251 e. The molecule has 82 valence electrons. The molecule has 0 fully saturated rings. The van der Waals surface area contributed by atoms with Gasteiger partial charge in [0.1, 0.15) is 5.75 Å². The third-order valence-corrected chi connectivity index (χ3v) is 2.71. The minimum Gasteiger partial charge on any atom is -0.507 e. The van der Waals surface area contributed by atoms with Crippen molar-refractivity contribution in [1.82, 2.24) is 5.32 Å². The van der Waals surface area contributed by atoms with Gasteiger partial charge < -0.3 is 15.2 Å². The highest BCUT2D eigenvalue weighted by Gasteiger charge is 2.06. The topological polar surface area (TPSA) is 58.6 Å². The van der Waals surface area contributed by atoms with E-state index in [1.165, 1.54) is 6.07 Å². The number of aromatic hydroxyl groups is 1. The molecule has 0 atom stereocenters. The zero-order chi connectivity index (χ0) is 11.3. The van der Waals surface area contributed by atoms with E-state index in [4.69, 9.17) is 4.74 Å². The minimum atomic E-state index is -0.209. The van der Waals surface area contributed by atoms with Gasteiger partial charge in [-0.15, -0.1) is 0 Å². The SMILES string of the molecule is COCCNC(=O)c1ccc(I)c(O)c1. The van der Waals surface area contributed by atoms with Crippen molar-refractivity contribution in [2.75, 3.05) is 20.3 Å². The molecule has 1 aromatic carbocycles. The fourth-order valence-electron chi connectivity index (χ4n) is 1.02. The molecule has 0 unspecified atom stereocenters. The lowest BCUT2D eigenvalue weighted by Crippen LogP contribution is -2.26. The van der Waals surface area contributed by atoms with Crippen molar-refractivity contribution in [3.05, 3.63) is 27.3 Å². The number of hydrogen-bond donors (Lipinski definition) is 2. The van der Waals surface area contributed by atoms with Crippen LogP contribution in [0.3, 0.4) is 0 Å². The van der Waals surface area contributed by atoms with Crippen LogP contribution < -0.4 is 5.32 Å². The smallest absolute Gasteiger partial charge is 0.251 e. The van der Waals surface area contributed by atoms with Crippen LogP contribution in [0.1, 0.15) is 10.4 Å². The van der Waals surface area contributed by atoms with Gasteiger partial charge in [0.25, 0.3) is 5.91 Å². The molecule has 0 aliphatic rings. The summed E-state index contributed by atoms with van der Waals surface area (Å²) < 4.78 is 5.53. The monoisotopic (exact) mass is 321 g/mol. The molecule has 0 aliphatic carbocycles. The number of carbonyl (C=O) groups is 1. The van der Waals surface area contributed by atoms with Crippen LogP contribution in [0.25, 0.3) is 0 Å². The van der Waals surface area contributed by atoms with Gasteiger partial charge in [0.15, 0.2) is 0 Å². The molecule has 0 radical (unpaired) electrons. The third kappa shape index (κ3) is 3.67. The first-order valence-electron chi connectivity index (χ1n) is 4.41. The van der Waals surface area contributed by atoms with Crippen LogP contribution >= 0.6 is 22.6 Å². The number of phenolic OH excluding ortho intramolecular Hbond substituents is 1. The van der Waals surface area contributed by atoms with Gasteiger partial charge in [-0.05, 0) is 40.8 Å². The van der Waals surface area contributed by atoms with Gasteiger partial charge in [-0.1, -0.05) is 0 Å². The Morgan fingerprint density at radius 1 is 1.60 bits per heavy atom. The first-order valence-corrected chi connectivity index (χ1v) is 5.48. The van der Waals surface area contributed by atoms with Gasteiger partial charge in [-0.25, -0.2) is 0 Å². The molecule has 1 rings (SSSR count). The quantitative estimate of drug-likeness (QED) is 0.651. The summed E-state index contributed by atoms with van der Waals surface area (Å²) >= 11 is 2.00. The van der Waals surface area contributed by atoms with Crippen molar-refractivity contribution in [2.45, 2.75) is 0 Å².